The van der Waals surface area contributed by atoms with E-state index in [1.807, 2.05) is 13.0 Å². The Bertz CT molecular complexity index is 804. The van der Waals surface area contributed by atoms with Crippen molar-refractivity contribution in [1.29, 1.82) is 0 Å². The van der Waals surface area contributed by atoms with Gasteiger partial charge in [-0.3, -0.25) is 9.69 Å². The topological polar surface area (TPSA) is 63.1 Å². The molecule has 2 fully saturated rings. The fraction of sp³-hybridized carbons (Fsp3) is 0.571. The number of aromatic nitrogens is 3. The van der Waals surface area contributed by atoms with Crippen molar-refractivity contribution in [2.24, 2.45) is 0 Å². The van der Waals surface area contributed by atoms with Gasteiger partial charge in [-0.15, -0.1) is 10.2 Å². The molecule has 1 N–H and O–H groups in total. The van der Waals surface area contributed by atoms with Crippen molar-refractivity contribution in [2.45, 2.75) is 68.6 Å². The van der Waals surface area contributed by atoms with Crippen molar-refractivity contribution < 1.29 is 4.79 Å². The van der Waals surface area contributed by atoms with E-state index in [-0.39, 0.29) is 17.2 Å². The molecule has 0 radical (unpaired) electrons. The Morgan fingerprint density at radius 2 is 2.04 bits per heavy atom. The Morgan fingerprint density at radius 1 is 1.25 bits per heavy atom. The lowest BCUT2D eigenvalue weighted by molar-refractivity contribution is -0.120. The summed E-state index contributed by atoms with van der Waals surface area (Å²) >= 11 is 1.52. The second-order valence-electron chi connectivity index (χ2n) is 7.83. The van der Waals surface area contributed by atoms with Crippen LogP contribution in [-0.4, -0.2) is 50.0 Å². The molecule has 7 heteroatoms. The van der Waals surface area contributed by atoms with Crippen LogP contribution in [0.2, 0.25) is 0 Å². The number of hydrogen-bond donors (Lipinski definition) is 1. The van der Waals surface area contributed by atoms with Crippen LogP contribution < -0.4 is 5.32 Å². The molecular weight excluding hydrogens is 370 g/mol. The van der Waals surface area contributed by atoms with Gasteiger partial charge in [0.1, 0.15) is 5.82 Å². The summed E-state index contributed by atoms with van der Waals surface area (Å²) in [5.74, 6) is 1.75. The average Bonchev–Trinajstić information content (AvgIpc) is 3.33. The van der Waals surface area contributed by atoms with Gasteiger partial charge in [-0.25, -0.2) is 0 Å². The predicted molar refractivity (Wildman–Crippen MR) is 111 cm³/mol. The maximum atomic E-state index is 12.7. The summed E-state index contributed by atoms with van der Waals surface area (Å²) in [4.78, 5) is 15.1. The number of nitrogens with one attached hydrogen (secondary N) is 1. The maximum absolute atomic E-state index is 12.7. The molecular formula is C21H29N5OS. The summed E-state index contributed by atoms with van der Waals surface area (Å²) in [7, 11) is 0. The number of likely N-dealkylation sites (tertiary alicyclic amines) is 1. The Hall–Kier alpha value is -1.86. The van der Waals surface area contributed by atoms with Gasteiger partial charge in [0.25, 0.3) is 0 Å². The van der Waals surface area contributed by atoms with Crippen LogP contribution in [0.4, 0.5) is 0 Å². The molecule has 1 saturated carbocycles. The number of nitrogens with zero attached hydrogens (tertiary/aromatic N) is 4. The van der Waals surface area contributed by atoms with Crippen molar-refractivity contribution in [2.75, 3.05) is 13.1 Å². The van der Waals surface area contributed by atoms with Crippen LogP contribution in [-0.2, 0) is 17.9 Å². The molecule has 1 aromatic heterocycles. The molecule has 0 bridgehead atoms. The van der Waals surface area contributed by atoms with E-state index in [1.54, 1.807) is 0 Å². The molecule has 1 aromatic carbocycles. The Labute approximate surface area is 171 Å². The molecule has 0 spiro atoms. The summed E-state index contributed by atoms with van der Waals surface area (Å²) in [5.41, 5.74) is 1.32. The lowest BCUT2D eigenvalue weighted by atomic mass is 10.2. The molecule has 1 saturated heterocycles. The minimum Gasteiger partial charge on any atom is -0.351 e. The highest BCUT2D eigenvalue weighted by Crippen LogP contribution is 2.40. The zero-order valence-corrected chi connectivity index (χ0v) is 17.5. The fourth-order valence-electron chi connectivity index (χ4n) is 3.79. The molecule has 2 aromatic rings. The number of hydrogen-bond acceptors (Lipinski definition) is 5. The summed E-state index contributed by atoms with van der Waals surface area (Å²) in [5, 5.41) is 12.6. The number of carbonyl (C=O) groups excluding carboxylic acids is 1. The highest BCUT2D eigenvalue weighted by molar-refractivity contribution is 8.00. The zero-order valence-electron chi connectivity index (χ0n) is 16.7. The third-order valence-electron chi connectivity index (χ3n) is 5.52. The quantitative estimate of drug-likeness (QED) is 0.691. The number of rotatable bonds is 8. The van der Waals surface area contributed by atoms with Crippen molar-refractivity contribution in [3.63, 3.8) is 0 Å². The van der Waals surface area contributed by atoms with Crippen LogP contribution in [0, 0.1) is 0 Å². The molecule has 1 amide bonds. The van der Waals surface area contributed by atoms with E-state index in [9.17, 15) is 4.79 Å². The highest BCUT2D eigenvalue weighted by Gasteiger charge is 2.31. The van der Waals surface area contributed by atoms with Gasteiger partial charge in [-0.05, 0) is 38.7 Å². The van der Waals surface area contributed by atoms with Crippen LogP contribution in [0.15, 0.2) is 35.5 Å². The predicted octanol–water partition coefficient (Wildman–Crippen LogP) is 3.05. The first-order valence-electron chi connectivity index (χ1n) is 10.3. The van der Waals surface area contributed by atoms with Gasteiger partial charge in [0.05, 0.1) is 5.25 Å². The van der Waals surface area contributed by atoms with Crippen LogP contribution >= 0.6 is 11.8 Å². The maximum Gasteiger partial charge on any atom is 0.233 e. The number of amides is 1. The summed E-state index contributed by atoms with van der Waals surface area (Å²) < 4.78 is 2.17. The average molecular weight is 400 g/mol. The molecule has 150 valence electrons. The molecule has 1 aliphatic heterocycles. The Balaban J connectivity index is 1.28. The van der Waals surface area contributed by atoms with E-state index >= 15 is 0 Å². The molecule has 2 unspecified atom stereocenters. The lowest BCUT2D eigenvalue weighted by Crippen LogP contribution is -2.40. The molecule has 2 aliphatic rings. The molecule has 2 atom stereocenters. The number of thioether (sulfide) groups is 1. The highest BCUT2D eigenvalue weighted by atomic mass is 32.2. The van der Waals surface area contributed by atoms with Crippen molar-refractivity contribution in [1.82, 2.24) is 25.0 Å². The number of benzene rings is 1. The van der Waals surface area contributed by atoms with E-state index < -0.39 is 0 Å². The third-order valence-corrected chi connectivity index (χ3v) is 6.60. The van der Waals surface area contributed by atoms with Gasteiger partial charge in [0.15, 0.2) is 5.16 Å². The monoisotopic (exact) mass is 399 g/mol. The summed E-state index contributed by atoms with van der Waals surface area (Å²) in [6.45, 7) is 7.81. The van der Waals surface area contributed by atoms with Crippen molar-refractivity contribution in [3.05, 3.63) is 41.7 Å². The molecule has 28 heavy (non-hydrogen) atoms. The van der Waals surface area contributed by atoms with Crippen molar-refractivity contribution in [3.8, 4) is 0 Å². The van der Waals surface area contributed by atoms with Crippen LogP contribution in [0.3, 0.4) is 0 Å². The van der Waals surface area contributed by atoms with E-state index in [4.69, 9.17) is 0 Å². The van der Waals surface area contributed by atoms with Crippen LogP contribution in [0.1, 0.15) is 50.4 Å². The zero-order chi connectivity index (χ0) is 19.5. The van der Waals surface area contributed by atoms with Gasteiger partial charge < -0.3 is 9.88 Å². The van der Waals surface area contributed by atoms with Gasteiger partial charge in [0.2, 0.25) is 5.91 Å². The van der Waals surface area contributed by atoms with E-state index in [0.717, 1.165) is 43.6 Å². The van der Waals surface area contributed by atoms with E-state index in [0.29, 0.717) is 5.92 Å². The lowest BCUT2D eigenvalue weighted by Gasteiger charge is -2.18. The molecule has 2 heterocycles. The van der Waals surface area contributed by atoms with Gasteiger partial charge in [-0.2, -0.15) is 0 Å². The summed E-state index contributed by atoms with van der Waals surface area (Å²) in [6, 6.07) is 10.7. The normalized spacial score (nSPS) is 21.0. The third kappa shape index (κ3) is 4.58. The largest absolute Gasteiger partial charge is 0.351 e. The molecule has 4 rings (SSSR count). The minimum absolute atomic E-state index is 0.0928. The molecule has 6 nitrogen and oxygen atoms in total. The van der Waals surface area contributed by atoms with Gasteiger partial charge in [-0.1, -0.05) is 42.1 Å². The number of carbonyl (C=O) groups is 1. The first-order valence-corrected chi connectivity index (χ1v) is 11.2. The first kappa shape index (κ1) is 19.5. The molecule has 1 aliphatic carbocycles. The van der Waals surface area contributed by atoms with Gasteiger partial charge in [0, 0.05) is 38.1 Å². The minimum atomic E-state index is -0.176. The SMILES string of the molecule is CCn1c(SC(C)C(=O)NC2CCN(Cc3ccccc3)C2)nnc1C1CC1. The fourth-order valence-corrected chi connectivity index (χ4v) is 4.72. The van der Waals surface area contributed by atoms with E-state index in [1.165, 1.54) is 30.2 Å². The smallest absolute Gasteiger partial charge is 0.233 e. The first-order chi connectivity index (χ1) is 13.6. The van der Waals surface area contributed by atoms with Gasteiger partial charge >= 0.3 is 0 Å². The second kappa shape index (κ2) is 8.66. The van der Waals surface area contributed by atoms with E-state index in [2.05, 4.69) is 56.2 Å². The van der Waals surface area contributed by atoms with Crippen LogP contribution in [0.25, 0.3) is 0 Å². The Kier molecular flexibility index (Phi) is 6.01. The van der Waals surface area contributed by atoms with Crippen molar-refractivity contribution >= 4 is 17.7 Å². The summed E-state index contributed by atoms with van der Waals surface area (Å²) in [6.07, 6.45) is 3.42. The standard InChI is InChI=1S/C21H29N5OS/c1-3-26-19(17-9-10-17)23-24-21(26)28-15(2)20(27)22-18-11-12-25(14-18)13-16-7-5-4-6-8-16/h4-8,15,17-18H,3,9-14H2,1-2H3,(H,22,27). The Morgan fingerprint density at radius 3 is 2.75 bits per heavy atom. The second-order valence-corrected chi connectivity index (χ2v) is 9.14. The van der Waals surface area contributed by atoms with Crippen LogP contribution in [0.5, 0.6) is 0 Å².